The fraction of sp³-hybridized carbons (Fsp3) is 0.250. The molecule has 0 aliphatic heterocycles. The van der Waals surface area contributed by atoms with Crippen LogP contribution < -0.4 is 4.31 Å². The molecule has 25 heavy (non-hydrogen) atoms. The summed E-state index contributed by atoms with van der Waals surface area (Å²) in [6, 6.07) is 9.35. The second-order valence-electron chi connectivity index (χ2n) is 5.55. The van der Waals surface area contributed by atoms with Crippen LogP contribution in [0.2, 0.25) is 0 Å². The van der Waals surface area contributed by atoms with E-state index in [9.17, 15) is 28.0 Å². The maximum absolute atomic E-state index is 14.3. The number of aryl methyl sites for hydroxylation is 1. The second kappa shape index (κ2) is 7.16. The van der Waals surface area contributed by atoms with Crippen LogP contribution in [0.5, 0.6) is 0 Å². The van der Waals surface area contributed by atoms with E-state index >= 15 is 0 Å². The minimum Gasteiger partial charge on any atom is -0.392 e. The molecule has 0 radical (unpaired) electrons. The quantitative estimate of drug-likeness (QED) is 0.624. The van der Waals surface area contributed by atoms with Crippen molar-refractivity contribution in [3.8, 4) is 0 Å². The first-order valence-electron chi connectivity index (χ1n) is 7.35. The van der Waals surface area contributed by atoms with Crippen LogP contribution in [-0.2, 0) is 10.0 Å². The van der Waals surface area contributed by atoms with Gasteiger partial charge in [-0.2, -0.15) is 0 Å². The molecule has 134 valence electrons. The number of hydrogen-bond acceptors (Lipinski definition) is 5. The van der Waals surface area contributed by atoms with Gasteiger partial charge in [0, 0.05) is 11.6 Å². The lowest BCUT2D eigenvalue weighted by Crippen LogP contribution is -2.37. The Morgan fingerprint density at radius 3 is 2.40 bits per heavy atom. The molecule has 9 heteroatoms. The second-order valence-corrected chi connectivity index (χ2v) is 7.38. The number of aliphatic hydroxyl groups is 1. The minimum absolute atomic E-state index is 0.0169. The number of nitrogens with zero attached hydrogens (tertiary/aromatic N) is 2. The average Bonchev–Trinajstić information content (AvgIpc) is 2.52. The zero-order valence-electron chi connectivity index (χ0n) is 13.6. The normalized spacial score (nSPS) is 12.6. The highest BCUT2D eigenvalue weighted by atomic mass is 32.2. The molecule has 0 bridgehead atoms. The number of para-hydroxylation sites is 1. The van der Waals surface area contributed by atoms with Gasteiger partial charge in [-0.1, -0.05) is 18.2 Å². The largest absolute Gasteiger partial charge is 0.392 e. The molecule has 2 rings (SSSR count). The van der Waals surface area contributed by atoms with Crippen LogP contribution in [-0.4, -0.2) is 31.1 Å². The fourth-order valence-corrected chi connectivity index (χ4v) is 3.95. The van der Waals surface area contributed by atoms with Crippen molar-refractivity contribution >= 4 is 21.4 Å². The van der Waals surface area contributed by atoms with Gasteiger partial charge >= 0.3 is 0 Å². The molecule has 0 saturated carbocycles. The molecule has 7 nitrogen and oxygen atoms in total. The number of halogens is 1. The van der Waals surface area contributed by atoms with Gasteiger partial charge in [-0.3, -0.25) is 14.4 Å². The first-order chi connectivity index (χ1) is 11.6. The summed E-state index contributed by atoms with van der Waals surface area (Å²) in [6.07, 6.45) is -1.03. The molecule has 2 aromatic rings. The van der Waals surface area contributed by atoms with Gasteiger partial charge in [0.15, 0.2) is 0 Å². The van der Waals surface area contributed by atoms with Crippen LogP contribution in [0.25, 0.3) is 0 Å². The number of hydrogen-bond donors (Lipinski definition) is 1. The number of sulfonamides is 1. The number of aliphatic hydroxyl groups excluding tert-OH is 1. The first kappa shape index (κ1) is 18.8. The summed E-state index contributed by atoms with van der Waals surface area (Å²) in [5, 5.41) is 20.7. The van der Waals surface area contributed by atoms with E-state index in [1.165, 1.54) is 26.0 Å². The predicted octanol–water partition coefficient (Wildman–Crippen LogP) is 2.62. The molecule has 2 aromatic carbocycles. The van der Waals surface area contributed by atoms with E-state index in [1.54, 1.807) is 18.2 Å². The van der Waals surface area contributed by atoms with E-state index < -0.39 is 37.5 Å². The fourth-order valence-electron chi connectivity index (χ4n) is 2.33. The molecule has 0 amide bonds. The van der Waals surface area contributed by atoms with Crippen LogP contribution in [0.15, 0.2) is 47.4 Å². The summed E-state index contributed by atoms with van der Waals surface area (Å²) in [5.41, 5.74) is -0.265. The van der Waals surface area contributed by atoms with Gasteiger partial charge in [0.2, 0.25) is 0 Å². The van der Waals surface area contributed by atoms with Gasteiger partial charge in [-0.05, 0) is 32.0 Å². The van der Waals surface area contributed by atoms with Crippen LogP contribution in [0, 0.1) is 22.9 Å². The van der Waals surface area contributed by atoms with E-state index in [2.05, 4.69) is 0 Å². The Hall–Kier alpha value is -2.52. The summed E-state index contributed by atoms with van der Waals surface area (Å²) in [5.74, 6) is -1.09. The van der Waals surface area contributed by atoms with E-state index in [1.807, 2.05) is 0 Å². The minimum atomic E-state index is -4.46. The topological polar surface area (TPSA) is 101 Å². The molecule has 1 N–H and O–H groups in total. The summed E-state index contributed by atoms with van der Waals surface area (Å²) < 4.78 is 41.0. The molecule has 0 heterocycles. The van der Waals surface area contributed by atoms with Gasteiger partial charge in [0.05, 0.1) is 23.3 Å². The van der Waals surface area contributed by atoms with Crippen molar-refractivity contribution < 1.29 is 22.8 Å². The van der Waals surface area contributed by atoms with Crippen molar-refractivity contribution in [2.75, 3.05) is 10.8 Å². The average molecular weight is 368 g/mol. The smallest absolute Gasteiger partial charge is 0.273 e. The number of nitro groups is 1. The predicted molar refractivity (Wildman–Crippen MR) is 90.4 cm³/mol. The number of benzene rings is 2. The first-order valence-corrected chi connectivity index (χ1v) is 8.79. The molecular formula is C16H17FN2O5S. The van der Waals surface area contributed by atoms with Crippen LogP contribution in [0.3, 0.4) is 0 Å². The Morgan fingerprint density at radius 2 is 1.88 bits per heavy atom. The molecule has 1 unspecified atom stereocenters. The lowest BCUT2D eigenvalue weighted by atomic mass is 10.2. The third-order valence-electron chi connectivity index (χ3n) is 3.49. The van der Waals surface area contributed by atoms with Crippen LogP contribution >= 0.6 is 0 Å². The molecule has 0 spiro atoms. The number of rotatable bonds is 6. The Bertz CT molecular complexity index is 885. The van der Waals surface area contributed by atoms with Gasteiger partial charge in [0.1, 0.15) is 10.7 Å². The summed E-state index contributed by atoms with van der Waals surface area (Å²) in [7, 11) is -4.46. The van der Waals surface area contributed by atoms with Crippen molar-refractivity contribution in [2.45, 2.75) is 24.8 Å². The van der Waals surface area contributed by atoms with E-state index in [4.69, 9.17) is 0 Å². The molecule has 0 aliphatic carbocycles. The van der Waals surface area contributed by atoms with Gasteiger partial charge in [-0.15, -0.1) is 0 Å². The zero-order chi connectivity index (χ0) is 18.8. The van der Waals surface area contributed by atoms with Gasteiger partial charge < -0.3 is 5.11 Å². The molecule has 0 aromatic heterocycles. The third kappa shape index (κ3) is 3.94. The van der Waals surface area contributed by atoms with Crippen LogP contribution in [0.1, 0.15) is 12.5 Å². The van der Waals surface area contributed by atoms with Crippen molar-refractivity contribution in [1.82, 2.24) is 0 Å². The van der Waals surface area contributed by atoms with Crippen molar-refractivity contribution in [1.29, 1.82) is 0 Å². The Morgan fingerprint density at radius 1 is 1.28 bits per heavy atom. The molecule has 1 atom stereocenters. The summed E-state index contributed by atoms with van der Waals surface area (Å²) in [4.78, 5) is 9.49. The number of nitro benzene ring substituents is 1. The molecular weight excluding hydrogens is 351 g/mol. The maximum Gasteiger partial charge on any atom is 0.273 e. The SMILES string of the molecule is Cc1cc(F)c(S(=O)(=O)N(CC(C)O)c2ccccc2)cc1[N+](=O)[O-]. The Labute approximate surface area is 144 Å². The van der Waals surface area contributed by atoms with Gasteiger partial charge in [-0.25, -0.2) is 12.8 Å². The van der Waals surface area contributed by atoms with E-state index in [-0.39, 0.29) is 17.8 Å². The maximum atomic E-state index is 14.3. The Balaban J connectivity index is 2.65. The van der Waals surface area contributed by atoms with Crippen LogP contribution in [0.4, 0.5) is 15.8 Å². The molecule has 0 aliphatic rings. The van der Waals surface area contributed by atoms with Crippen molar-refractivity contribution in [3.05, 3.63) is 64.0 Å². The Kier molecular flexibility index (Phi) is 5.39. The molecule has 0 saturated heterocycles. The summed E-state index contributed by atoms with van der Waals surface area (Å²) in [6.45, 7) is 2.38. The van der Waals surface area contributed by atoms with Crippen molar-refractivity contribution in [2.24, 2.45) is 0 Å². The van der Waals surface area contributed by atoms with E-state index in [0.717, 1.165) is 10.4 Å². The lowest BCUT2D eigenvalue weighted by Gasteiger charge is -2.26. The van der Waals surface area contributed by atoms with Gasteiger partial charge in [0.25, 0.3) is 15.7 Å². The highest BCUT2D eigenvalue weighted by molar-refractivity contribution is 7.92. The third-order valence-corrected chi connectivity index (χ3v) is 5.30. The van der Waals surface area contributed by atoms with Crippen molar-refractivity contribution in [3.63, 3.8) is 0 Å². The summed E-state index contributed by atoms with van der Waals surface area (Å²) >= 11 is 0. The van der Waals surface area contributed by atoms with E-state index in [0.29, 0.717) is 6.07 Å². The number of anilines is 1. The monoisotopic (exact) mass is 368 g/mol. The highest BCUT2D eigenvalue weighted by Crippen LogP contribution is 2.30. The standard InChI is InChI=1S/C16H17FN2O5S/c1-11-8-14(17)16(9-15(11)19(21)22)25(23,24)18(10-12(2)20)13-6-4-3-5-7-13/h3-9,12,20H,10H2,1-2H3. The lowest BCUT2D eigenvalue weighted by molar-refractivity contribution is -0.385. The zero-order valence-corrected chi connectivity index (χ0v) is 14.4. The molecule has 0 fully saturated rings. The highest BCUT2D eigenvalue weighted by Gasteiger charge is 2.31.